The molecular formula is C21H38N6OS. The Labute approximate surface area is 180 Å². The molecule has 1 aromatic heterocycles. The summed E-state index contributed by atoms with van der Waals surface area (Å²) in [5.41, 5.74) is -0.310. The molecule has 0 saturated carbocycles. The van der Waals surface area contributed by atoms with Crippen LogP contribution in [-0.2, 0) is 4.79 Å². The fourth-order valence-corrected chi connectivity index (χ4v) is 5.04. The second-order valence-corrected chi connectivity index (χ2v) is 10.5. The van der Waals surface area contributed by atoms with Crippen LogP contribution < -0.4 is 5.32 Å². The number of likely N-dealkylation sites (tertiary alicyclic amines) is 1. The molecule has 29 heavy (non-hydrogen) atoms. The molecule has 0 bridgehead atoms. The predicted octanol–water partition coefficient (Wildman–Crippen LogP) is 3.07. The van der Waals surface area contributed by atoms with Gasteiger partial charge in [0.05, 0.1) is 6.04 Å². The first-order valence-electron chi connectivity index (χ1n) is 11.0. The summed E-state index contributed by atoms with van der Waals surface area (Å²) in [5.74, 6) is 1.13. The summed E-state index contributed by atoms with van der Waals surface area (Å²) in [5, 5.41) is 4.44. The Morgan fingerprint density at radius 2 is 1.86 bits per heavy atom. The van der Waals surface area contributed by atoms with Gasteiger partial charge in [0.15, 0.2) is 5.82 Å². The van der Waals surface area contributed by atoms with E-state index in [-0.39, 0.29) is 17.4 Å². The van der Waals surface area contributed by atoms with E-state index in [1.807, 2.05) is 25.7 Å². The van der Waals surface area contributed by atoms with E-state index in [4.69, 9.17) is 4.98 Å². The number of anilines is 1. The van der Waals surface area contributed by atoms with E-state index >= 15 is 0 Å². The van der Waals surface area contributed by atoms with Crippen molar-refractivity contribution in [3.8, 4) is 0 Å². The zero-order chi connectivity index (χ0) is 21.2. The highest BCUT2D eigenvalue weighted by Gasteiger charge is 2.32. The molecule has 0 aromatic carbocycles. The molecule has 2 fully saturated rings. The summed E-state index contributed by atoms with van der Waals surface area (Å²) in [4.78, 5) is 24.2. The van der Waals surface area contributed by atoms with E-state index < -0.39 is 0 Å². The van der Waals surface area contributed by atoms with Gasteiger partial charge in [0.1, 0.15) is 0 Å². The van der Waals surface area contributed by atoms with Crippen molar-refractivity contribution >= 4 is 22.6 Å². The van der Waals surface area contributed by atoms with Gasteiger partial charge in [-0.05, 0) is 40.2 Å². The number of hydrogen-bond acceptors (Lipinski definition) is 7. The van der Waals surface area contributed by atoms with Crippen molar-refractivity contribution < 1.29 is 4.79 Å². The van der Waals surface area contributed by atoms with Gasteiger partial charge < -0.3 is 10.2 Å². The highest BCUT2D eigenvalue weighted by Crippen LogP contribution is 2.25. The van der Waals surface area contributed by atoms with Crippen LogP contribution in [0, 0.1) is 5.41 Å². The van der Waals surface area contributed by atoms with Crippen LogP contribution in [0.4, 0.5) is 5.13 Å². The SMILES string of the molecule is CC(C)N1CCC[C@H]1CNc1nc([C@@H](C)N2CCN(C(=O)C(C)(C)C)CC2)ns1. The molecule has 0 spiro atoms. The number of piperazine rings is 1. The second kappa shape index (κ2) is 9.27. The minimum Gasteiger partial charge on any atom is -0.359 e. The van der Waals surface area contributed by atoms with E-state index in [9.17, 15) is 4.79 Å². The Morgan fingerprint density at radius 3 is 2.48 bits per heavy atom. The van der Waals surface area contributed by atoms with Gasteiger partial charge in [0.2, 0.25) is 11.0 Å². The number of amides is 1. The third-order valence-electron chi connectivity index (χ3n) is 6.18. The van der Waals surface area contributed by atoms with E-state index in [1.165, 1.54) is 30.9 Å². The van der Waals surface area contributed by atoms with Crippen LogP contribution in [0.15, 0.2) is 0 Å². The number of rotatable bonds is 6. The molecule has 1 aromatic rings. The van der Waals surface area contributed by atoms with Gasteiger partial charge in [-0.1, -0.05) is 20.8 Å². The Morgan fingerprint density at radius 1 is 1.17 bits per heavy atom. The molecule has 164 valence electrons. The Hall–Kier alpha value is -1.25. The van der Waals surface area contributed by atoms with Gasteiger partial charge in [-0.15, -0.1) is 0 Å². The van der Waals surface area contributed by atoms with Crippen LogP contribution in [-0.4, -0.2) is 81.3 Å². The largest absolute Gasteiger partial charge is 0.359 e. The smallest absolute Gasteiger partial charge is 0.228 e. The van der Waals surface area contributed by atoms with E-state index in [0.29, 0.717) is 12.1 Å². The van der Waals surface area contributed by atoms with Crippen molar-refractivity contribution in [1.82, 2.24) is 24.1 Å². The van der Waals surface area contributed by atoms with Crippen LogP contribution >= 0.6 is 11.5 Å². The van der Waals surface area contributed by atoms with E-state index in [2.05, 4.69) is 40.3 Å². The minimum atomic E-state index is -0.310. The molecule has 0 unspecified atom stereocenters. The molecule has 7 nitrogen and oxygen atoms in total. The van der Waals surface area contributed by atoms with Crippen LogP contribution in [0.3, 0.4) is 0 Å². The molecule has 3 rings (SSSR count). The highest BCUT2D eigenvalue weighted by molar-refractivity contribution is 7.09. The molecule has 2 saturated heterocycles. The molecule has 2 aliphatic rings. The standard InChI is InChI=1S/C21H38N6OS/c1-15(2)27-9-7-8-17(27)14-22-20-23-18(24-29-20)16(3)25-10-12-26(13-11-25)19(28)21(4,5)6/h15-17H,7-14H2,1-6H3,(H,22,23,24)/t16-,17+/m1/s1. The van der Waals surface area contributed by atoms with Crippen molar-refractivity contribution in [2.45, 2.75) is 72.5 Å². The van der Waals surface area contributed by atoms with Crippen molar-refractivity contribution in [2.24, 2.45) is 5.41 Å². The van der Waals surface area contributed by atoms with Gasteiger partial charge in [0, 0.05) is 61.8 Å². The van der Waals surface area contributed by atoms with E-state index in [1.54, 1.807) is 0 Å². The molecule has 1 N–H and O–H groups in total. The quantitative estimate of drug-likeness (QED) is 0.760. The number of hydrogen-bond donors (Lipinski definition) is 1. The van der Waals surface area contributed by atoms with Crippen molar-refractivity contribution in [2.75, 3.05) is 44.6 Å². The van der Waals surface area contributed by atoms with Gasteiger partial charge in [-0.3, -0.25) is 14.6 Å². The maximum Gasteiger partial charge on any atom is 0.228 e. The van der Waals surface area contributed by atoms with Crippen LogP contribution in [0.25, 0.3) is 0 Å². The number of nitrogens with zero attached hydrogens (tertiary/aromatic N) is 5. The lowest BCUT2D eigenvalue weighted by atomic mass is 9.94. The normalized spacial score (nSPS) is 23.0. The minimum absolute atomic E-state index is 0.173. The van der Waals surface area contributed by atoms with Gasteiger partial charge >= 0.3 is 0 Å². The average Bonchev–Trinajstić information content (AvgIpc) is 3.34. The summed E-state index contributed by atoms with van der Waals surface area (Å²) in [7, 11) is 0. The molecule has 0 radical (unpaired) electrons. The van der Waals surface area contributed by atoms with Gasteiger partial charge in [0.25, 0.3) is 0 Å². The zero-order valence-corrected chi connectivity index (χ0v) is 19.8. The van der Waals surface area contributed by atoms with Crippen molar-refractivity contribution in [3.05, 3.63) is 5.82 Å². The molecule has 2 atom stereocenters. The van der Waals surface area contributed by atoms with Crippen molar-refractivity contribution in [3.63, 3.8) is 0 Å². The molecule has 8 heteroatoms. The molecular weight excluding hydrogens is 384 g/mol. The summed E-state index contributed by atoms with van der Waals surface area (Å²) >= 11 is 1.46. The number of nitrogens with one attached hydrogen (secondary N) is 1. The molecule has 0 aliphatic carbocycles. The number of carbonyl (C=O) groups excluding carboxylic acids is 1. The van der Waals surface area contributed by atoms with Gasteiger partial charge in [-0.2, -0.15) is 4.37 Å². The third-order valence-corrected chi connectivity index (χ3v) is 6.87. The summed E-state index contributed by atoms with van der Waals surface area (Å²) in [6.07, 6.45) is 2.54. The summed E-state index contributed by atoms with van der Waals surface area (Å²) < 4.78 is 4.62. The highest BCUT2D eigenvalue weighted by atomic mass is 32.1. The number of aromatic nitrogens is 2. The van der Waals surface area contributed by atoms with Gasteiger partial charge in [-0.25, -0.2) is 4.98 Å². The third kappa shape index (κ3) is 5.47. The van der Waals surface area contributed by atoms with E-state index in [0.717, 1.165) is 43.7 Å². The maximum absolute atomic E-state index is 12.5. The number of carbonyl (C=O) groups is 1. The van der Waals surface area contributed by atoms with Crippen molar-refractivity contribution in [1.29, 1.82) is 0 Å². The lowest BCUT2D eigenvalue weighted by Gasteiger charge is -2.39. The Balaban J connectivity index is 1.50. The lowest BCUT2D eigenvalue weighted by Crippen LogP contribution is -2.52. The first-order chi connectivity index (χ1) is 13.7. The lowest BCUT2D eigenvalue weighted by molar-refractivity contribution is -0.141. The first-order valence-corrected chi connectivity index (χ1v) is 11.8. The summed E-state index contributed by atoms with van der Waals surface area (Å²) in [6, 6.07) is 1.36. The topological polar surface area (TPSA) is 64.6 Å². The monoisotopic (exact) mass is 422 g/mol. The second-order valence-electron chi connectivity index (χ2n) is 9.72. The molecule has 1 amide bonds. The first kappa shape index (κ1) is 22.4. The van der Waals surface area contributed by atoms with Crippen LogP contribution in [0.1, 0.15) is 66.3 Å². The maximum atomic E-state index is 12.5. The van der Waals surface area contributed by atoms with Crippen LogP contribution in [0.5, 0.6) is 0 Å². The average molecular weight is 423 g/mol. The molecule has 3 heterocycles. The fourth-order valence-electron chi connectivity index (χ4n) is 4.39. The fraction of sp³-hybridized carbons (Fsp3) is 0.857. The summed E-state index contributed by atoms with van der Waals surface area (Å²) in [6.45, 7) is 18.1. The molecule has 2 aliphatic heterocycles. The Bertz CT molecular complexity index is 677. The predicted molar refractivity (Wildman–Crippen MR) is 119 cm³/mol. The zero-order valence-electron chi connectivity index (χ0n) is 18.9. The Kier molecular flexibility index (Phi) is 7.17. The van der Waals surface area contributed by atoms with Crippen LogP contribution in [0.2, 0.25) is 0 Å².